The summed E-state index contributed by atoms with van der Waals surface area (Å²) in [6.45, 7) is 3.65. The maximum absolute atomic E-state index is 12.7. The monoisotopic (exact) mass is 337 g/mol. The molecule has 1 aliphatic heterocycles. The Kier molecular flexibility index (Phi) is 5.03. The van der Waals surface area contributed by atoms with Gasteiger partial charge in [0.05, 0.1) is 0 Å². The van der Waals surface area contributed by atoms with Gasteiger partial charge in [-0.25, -0.2) is 0 Å². The van der Waals surface area contributed by atoms with Crippen molar-refractivity contribution in [1.82, 2.24) is 0 Å². The summed E-state index contributed by atoms with van der Waals surface area (Å²) < 4.78 is 0. The average molecular weight is 337 g/mol. The molecule has 5 nitrogen and oxygen atoms in total. The van der Waals surface area contributed by atoms with E-state index in [0.717, 1.165) is 18.8 Å². The van der Waals surface area contributed by atoms with Crippen LogP contribution in [0, 0.1) is 0 Å². The molecule has 25 heavy (non-hydrogen) atoms. The number of amides is 2. The van der Waals surface area contributed by atoms with Gasteiger partial charge < -0.3 is 15.1 Å². The molecule has 2 aromatic rings. The van der Waals surface area contributed by atoms with E-state index in [0.29, 0.717) is 11.3 Å². The van der Waals surface area contributed by atoms with E-state index < -0.39 is 0 Å². The lowest BCUT2D eigenvalue weighted by Crippen LogP contribution is -2.26. The van der Waals surface area contributed by atoms with E-state index in [1.54, 1.807) is 36.2 Å². The molecule has 1 heterocycles. The Morgan fingerprint density at radius 3 is 2.36 bits per heavy atom. The third-order valence-electron chi connectivity index (χ3n) is 4.44. The zero-order valence-electron chi connectivity index (χ0n) is 14.7. The summed E-state index contributed by atoms with van der Waals surface area (Å²) in [6.07, 6.45) is 2.48. The maximum atomic E-state index is 12.7. The number of carbonyl (C=O) groups is 2. The molecule has 1 aliphatic rings. The van der Waals surface area contributed by atoms with E-state index in [1.165, 1.54) is 25.5 Å². The van der Waals surface area contributed by atoms with Gasteiger partial charge in [-0.2, -0.15) is 0 Å². The molecule has 2 aromatic carbocycles. The molecule has 130 valence electrons. The average Bonchev–Trinajstić information content (AvgIpc) is 3.15. The third-order valence-corrected chi connectivity index (χ3v) is 4.44. The van der Waals surface area contributed by atoms with Crippen molar-refractivity contribution < 1.29 is 9.59 Å². The van der Waals surface area contributed by atoms with Crippen LogP contribution in [0.5, 0.6) is 0 Å². The fraction of sp³-hybridized carbons (Fsp3) is 0.300. The van der Waals surface area contributed by atoms with Gasteiger partial charge in [0.25, 0.3) is 5.91 Å². The van der Waals surface area contributed by atoms with Crippen LogP contribution < -0.4 is 15.1 Å². The normalized spacial score (nSPS) is 13.6. The minimum absolute atomic E-state index is 0.110. The van der Waals surface area contributed by atoms with Crippen LogP contribution in [0.2, 0.25) is 0 Å². The Morgan fingerprint density at radius 2 is 1.72 bits per heavy atom. The van der Waals surface area contributed by atoms with Crippen molar-refractivity contribution >= 4 is 28.9 Å². The molecule has 5 heteroatoms. The first-order chi connectivity index (χ1) is 12.0. The van der Waals surface area contributed by atoms with E-state index in [9.17, 15) is 9.59 Å². The predicted octanol–water partition coefficient (Wildman–Crippen LogP) is 3.52. The predicted molar refractivity (Wildman–Crippen MR) is 101 cm³/mol. The molecule has 0 aliphatic carbocycles. The number of rotatable bonds is 4. The molecule has 1 saturated heterocycles. The second kappa shape index (κ2) is 7.38. The van der Waals surface area contributed by atoms with Crippen molar-refractivity contribution in [2.24, 2.45) is 0 Å². The van der Waals surface area contributed by atoms with Crippen LogP contribution in [-0.4, -0.2) is 32.0 Å². The Bertz CT molecular complexity index is 765. The molecule has 0 spiro atoms. The highest BCUT2D eigenvalue weighted by Gasteiger charge is 2.16. The van der Waals surface area contributed by atoms with E-state index in [2.05, 4.69) is 22.3 Å². The van der Waals surface area contributed by atoms with E-state index in [1.807, 2.05) is 12.1 Å². The summed E-state index contributed by atoms with van der Waals surface area (Å²) >= 11 is 0. The van der Waals surface area contributed by atoms with Gasteiger partial charge in [-0.3, -0.25) is 9.59 Å². The van der Waals surface area contributed by atoms with Crippen LogP contribution in [0.1, 0.15) is 30.1 Å². The molecular formula is C20H23N3O2. The van der Waals surface area contributed by atoms with Crippen molar-refractivity contribution in [1.29, 1.82) is 0 Å². The molecule has 3 rings (SSSR count). The quantitative estimate of drug-likeness (QED) is 0.929. The van der Waals surface area contributed by atoms with Crippen molar-refractivity contribution in [2.75, 3.05) is 35.3 Å². The Labute approximate surface area is 148 Å². The lowest BCUT2D eigenvalue weighted by Gasteiger charge is -2.21. The molecule has 0 bridgehead atoms. The molecule has 1 fully saturated rings. The van der Waals surface area contributed by atoms with Crippen molar-refractivity contribution in [3.05, 3.63) is 54.1 Å². The van der Waals surface area contributed by atoms with Crippen LogP contribution >= 0.6 is 0 Å². The minimum Gasteiger partial charge on any atom is -0.372 e. The molecule has 0 saturated carbocycles. The summed E-state index contributed by atoms with van der Waals surface area (Å²) in [5.41, 5.74) is 3.21. The molecule has 0 atom stereocenters. The van der Waals surface area contributed by atoms with Gasteiger partial charge >= 0.3 is 0 Å². The highest BCUT2D eigenvalue weighted by atomic mass is 16.2. The maximum Gasteiger partial charge on any atom is 0.258 e. The molecule has 0 radical (unpaired) electrons. The Hall–Kier alpha value is -2.82. The fourth-order valence-corrected chi connectivity index (χ4v) is 3.11. The fourth-order valence-electron chi connectivity index (χ4n) is 3.11. The van der Waals surface area contributed by atoms with Gasteiger partial charge in [0.2, 0.25) is 5.91 Å². The summed E-state index contributed by atoms with van der Waals surface area (Å²) in [7, 11) is 1.76. The molecule has 1 N–H and O–H groups in total. The summed E-state index contributed by atoms with van der Waals surface area (Å²) in [6, 6.07) is 15.1. The van der Waals surface area contributed by atoms with Gasteiger partial charge in [-0.1, -0.05) is 6.07 Å². The summed E-state index contributed by atoms with van der Waals surface area (Å²) in [5.74, 6) is -0.267. The van der Waals surface area contributed by atoms with Crippen LogP contribution in [0.4, 0.5) is 17.1 Å². The lowest BCUT2D eigenvalue weighted by atomic mass is 10.1. The van der Waals surface area contributed by atoms with Crippen molar-refractivity contribution in [3.8, 4) is 0 Å². The molecule has 0 unspecified atom stereocenters. The number of nitrogens with one attached hydrogen (secondary N) is 1. The summed E-state index contributed by atoms with van der Waals surface area (Å²) in [5, 5.41) is 2.70. The number of hydrogen-bond donors (Lipinski definition) is 1. The number of nitrogens with zero attached hydrogens (tertiary/aromatic N) is 2. The third kappa shape index (κ3) is 3.99. The van der Waals surface area contributed by atoms with Crippen LogP contribution in [0.25, 0.3) is 0 Å². The number of anilines is 3. The van der Waals surface area contributed by atoms with Gasteiger partial charge in [-0.05, 0) is 55.3 Å². The molecule has 0 aromatic heterocycles. The number of hydrogen-bond acceptors (Lipinski definition) is 3. The van der Waals surface area contributed by atoms with Crippen LogP contribution in [-0.2, 0) is 4.79 Å². The standard InChI is InChI=1S/C20H23N3O2/c1-15(24)21-17-7-5-6-16(14-17)20(25)22(2)18-8-10-19(11-9-18)23-12-3-4-13-23/h5-11,14H,3-4,12-13H2,1-2H3,(H,21,24). The van der Waals surface area contributed by atoms with E-state index in [4.69, 9.17) is 0 Å². The van der Waals surface area contributed by atoms with Crippen molar-refractivity contribution in [3.63, 3.8) is 0 Å². The highest BCUT2D eigenvalue weighted by Crippen LogP contribution is 2.24. The molecule has 2 amide bonds. The SMILES string of the molecule is CC(=O)Nc1cccc(C(=O)N(C)c2ccc(N3CCCC3)cc2)c1. The van der Waals surface area contributed by atoms with Crippen molar-refractivity contribution in [2.45, 2.75) is 19.8 Å². The molecular weight excluding hydrogens is 314 g/mol. The Morgan fingerprint density at radius 1 is 1.04 bits per heavy atom. The van der Waals surface area contributed by atoms with Crippen LogP contribution in [0.3, 0.4) is 0 Å². The van der Waals surface area contributed by atoms with E-state index in [-0.39, 0.29) is 11.8 Å². The smallest absolute Gasteiger partial charge is 0.258 e. The zero-order valence-corrected chi connectivity index (χ0v) is 14.7. The van der Waals surface area contributed by atoms with Gasteiger partial charge in [0.15, 0.2) is 0 Å². The minimum atomic E-state index is -0.157. The Balaban J connectivity index is 1.74. The number of carbonyl (C=O) groups excluding carboxylic acids is 2. The first-order valence-corrected chi connectivity index (χ1v) is 8.55. The van der Waals surface area contributed by atoms with Crippen LogP contribution in [0.15, 0.2) is 48.5 Å². The number of benzene rings is 2. The van der Waals surface area contributed by atoms with E-state index >= 15 is 0 Å². The lowest BCUT2D eigenvalue weighted by molar-refractivity contribution is -0.114. The van der Waals surface area contributed by atoms with Gasteiger partial charge in [0.1, 0.15) is 0 Å². The van der Waals surface area contributed by atoms with Gasteiger partial charge in [0, 0.05) is 49.7 Å². The van der Waals surface area contributed by atoms with Gasteiger partial charge in [-0.15, -0.1) is 0 Å². The largest absolute Gasteiger partial charge is 0.372 e. The second-order valence-corrected chi connectivity index (χ2v) is 6.34. The first kappa shape index (κ1) is 17.0. The highest BCUT2D eigenvalue weighted by molar-refractivity contribution is 6.06. The topological polar surface area (TPSA) is 52.7 Å². The first-order valence-electron chi connectivity index (χ1n) is 8.55. The second-order valence-electron chi connectivity index (χ2n) is 6.34. The summed E-state index contributed by atoms with van der Waals surface area (Å²) in [4.78, 5) is 27.9. The zero-order chi connectivity index (χ0) is 17.8.